The molecule has 156 valence electrons. The molecule has 0 saturated carbocycles. The van der Waals surface area contributed by atoms with Gasteiger partial charge in [0.1, 0.15) is 16.9 Å². The highest BCUT2D eigenvalue weighted by molar-refractivity contribution is 7.19. The quantitative estimate of drug-likeness (QED) is 0.413. The monoisotopic (exact) mass is 461 g/mol. The van der Waals surface area contributed by atoms with Crippen molar-refractivity contribution >= 4 is 51.9 Å². The number of rotatable bonds is 4. The zero-order valence-electron chi connectivity index (χ0n) is 16.6. The number of cyclic esters (lactones) is 1. The molecule has 1 aromatic heterocycles. The Balaban J connectivity index is 0.000000199. The predicted molar refractivity (Wildman–Crippen MR) is 124 cm³/mol. The highest BCUT2D eigenvalue weighted by atomic mass is 35.5. The summed E-state index contributed by atoms with van der Waals surface area (Å²) in [5, 5.41) is 5.02. The van der Waals surface area contributed by atoms with Crippen molar-refractivity contribution in [1.29, 1.82) is 0 Å². The molecule has 0 unspecified atom stereocenters. The van der Waals surface area contributed by atoms with Crippen LogP contribution >= 0.6 is 34.5 Å². The van der Waals surface area contributed by atoms with E-state index in [4.69, 9.17) is 27.9 Å². The van der Waals surface area contributed by atoms with E-state index in [1.807, 2.05) is 68.4 Å². The third kappa shape index (κ3) is 5.63. The maximum atomic E-state index is 11.5. The molecule has 0 atom stereocenters. The average molecular weight is 462 g/mol. The fraction of sp³-hybridized carbons (Fsp3) is 0.217. The summed E-state index contributed by atoms with van der Waals surface area (Å²) in [5.41, 5.74) is 2.54. The Bertz CT molecular complexity index is 1060. The highest BCUT2D eigenvalue weighted by Crippen LogP contribution is 2.44. The second-order valence-corrected chi connectivity index (χ2v) is 9.15. The van der Waals surface area contributed by atoms with Crippen LogP contribution in [0.4, 0.5) is 9.80 Å². The molecule has 0 bridgehead atoms. The summed E-state index contributed by atoms with van der Waals surface area (Å²) in [6.07, 6.45) is 1.86. The van der Waals surface area contributed by atoms with E-state index >= 15 is 0 Å². The number of hydrogen-bond acceptors (Lipinski definition) is 4. The number of anilines is 1. The van der Waals surface area contributed by atoms with Crippen LogP contribution in [0.2, 0.25) is 10.0 Å². The van der Waals surface area contributed by atoms with Gasteiger partial charge in [-0.25, -0.2) is 4.79 Å². The lowest BCUT2D eigenvalue weighted by Crippen LogP contribution is -2.33. The van der Waals surface area contributed by atoms with Crippen molar-refractivity contribution in [2.45, 2.75) is 32.3 Å². The van der Waals surface area contributed by atoms with Crippen molar-refractivity contribution in [3.05, 3.63) is 75.8 Å². The summed E-state index contributed by atoms with van der Waals surface area (Å²) in [6, 6.07) is 17.3. The van der Waals surface area contributed by atoms with Gasteiger partial charge >= 0.3 is 6.09 Å². The van der Waals surface area contributed by atoms with Crippen LogP contribution in [0.25, 0.3) is 10.4 Å². The minimum Gasteiger partial charge on any atom is -0.438 e. The third-order valence-electron chi connectivity index (χ3n) is 4.49. The molecule has 0 aliphatic carbocycles. The summed E-state index contributed by atoms with van der Waals surface area (Å²) in [4.78, 5) is 22.6. The second kappa shape index (κ2) is 9.65. The molecule has 7 heteroatoms. The van der Waals surface area contributed by atoms with E-state index in [0.29, 0.717) is 11.4 Å². The van der Waals surface area contributed by atoms with Crippen LogP contribution in [0.15, 0.2) is 54.6 Å². The van der Waals surface area contributed by atoms with Gasteiger partial charge in [-0.1, -0.05) is 47.5 Å². The molecule has 1 aliphatic rings. The molecule has 0 saturated heterocycles. The summed E-state index contributed by atoms with van der Waals surface area (Å²) < 4.78 is 5.30. The standard InChI is InChI=1S/C14H12ClNO2S.C9H9ClO/c1-14(2)10-7-11(8-4-3-5-9(15)6-8)19-12(10)16-13(17)18-14;10-9-5-1-3-8(7-9)4-2-6-11/h3-7H,1-2H3,(H,16,17);1,3,5-7H,2,4H2. The molecule has 3 aromatic rings. The topological polar surface area (TPSA) is 55.4 Å². The van der Waals surface area contributed by atoms with E-state index in [9.17, 15) is 9.59 Å². The third-order valence-corrected chi connectivity index (χ3v) is 6.06. The van der Waals surface area contributed by atoms with Gasteiger partial charge in [0.2, 0.25) is 0 Å². The van der Waals surface area contributed by atoms with Gasteiger partial charge < -0.3 is 9.53 Å². The minimum absolute atomic E-state index is 0.406. The number of ether oxygens (including phenoxy) is 1. The molecule has 2 heterocycles. The molecule has 0 radical (unpaired) electrons. The number of nitrogens with one attached hydrogen (secondary N) is 1. The summed E-state index contributed by atoms with van der Waals surface area (Å²) in [7, 11) is 0. The first-order valence-electron chi connectivity index (χ1n) is 9.37. The zero-order valence-corrected chi connectivity index (χ0v) is 18.9. The zero-order chi connectivity index (χ0) is 21.7. The normalized spacial score (nSPS) is 13.9. The SMILES string of the molecule is CC1(C)OC(=O)Nc2sc(-c3cccc(Cl)c3)cc21.O=CCCc1cccc(Cl)c1. The van der Waals surface area contributed by atoms with Crippen LogP contribution in [0.1, 0.15) is 31.4 Å². The predicted octanol–water partition coefficient (Wildman–Crippen LogP) is 7.34. The van der Waals surface area contributed by atoms with Crippen molar-refractivity contribution in [3.63, 3.8) is 0 Å². The van der Waals surface area contributed by atoms with Crippen LogP contribution in [0.3, 0.4) is 0 Å². The number of hydrogen-bond donors (Lipinski definition) is 1. The van der Waals surface area contributed by atoms with Crippen molar-refractivity contribution in [2.24, 2.45) is 0 Å². The van der Waals surface area contributed by atoms with E-state index in [1.54, 1.807) is 0 Å². The van der Waals surface area contributed by atoms with E-state index in [2.05, 4.69) is 5.32 Å². The first kappa shape index (κ1) is 22.3. The number of thiophene rings is 1. The smallest absolute Gasteiger partial charge is 0.413 e. The molecular weight excluding hydrogens is 441 g/mol. The van der Waals surface area contributed by atoms with E-state index in [-0.39, 0.29) is 0 Å². The highest BCUT2D eigenvalue weighted by Gasteiger charge is 2.35. The second-order valence-electron chi connectivity index (χ2n) is 7.22. The largest absolute Gasteiger partial charge is 0.438 e. The Morgan fingerprint density at radius 3 is 2.43 bits per heavy atom. The fourth-order valence-electron chi connectivity index (χ4n) is 3.04. The van der Waals surface area contributed by atoms with E-state index in [1.165, 1.54) is 11.3 Å². The van der Waals surface area contributed by atoms with Crippen molar-refractivity contribution in [1.82, 2.24) is 0 Å². The van der Waals surface area contributed by atoms with E-state index < -0.39 is 11.7 Å². The Morgan fingerprint density at radius 1 is 1.07 bits per heavy atom. The van der Waals surface area contributed by atoms with Crippen LogP contribution in [0.5, 0.6) is 0 Å². The van der Waals surface area contributed by atoms with Gasteiger partial charge in [0, 0.05) is 26.9 Å². The minimum atomic E-state index is -0.606. The maximum absolute atomic E-state index is 11.5. The molecule has 1 amide bonds. The number of aryl methyl sites for hydroxylation is 1. The lowest BCUT2D eigenvalue weighted by Gasteiger charge is -2.29. The van der Waals surface area contributed by atoms with Crippen LogP contribution < -0.4 is 5.32 Å². The molecule has 0 fully saturated rings. The van der Waals surface area contributed by atoms with Crippen LogP contribution in [0, 0.1) is 0 Å². The van der Waals surface area contributed by atoms with Gasteiger partial charge in [-0.3, -0.25) is 5.32 Å². The Hall–Kier alpha value is -2.34. The van der Waals surface area contributed by atoms with Gasteiger partial charge in [-0.05, 0) is 61.7 Å². The van der Waals surface area contributed by atoms with Crippen molar-refractivity contribution in [2.75, 3.05) is 5.32 Å². The average Bonchev–Trinajstić information content (AvgIpc) is 3.11. The van der Waals surface area contributed by atoms with Gasteiger partial charge in [0.15, 0.2) is 0 Å². The molecular formula is C23H21Cl2NO3S. The lowest BCUT2D eigenvalue weighted by molar-refractivity contribution is -0.107. The number of amides is 1. The lowest BCUT2D eigenvalue weighted by atomic mass is 9.98. The fourth-order valence-corrected chi connectivity index (χ4v) is 4.63. The molecule has 4 nitrogen and oxygen atoms in total. The number of carbonyl (C=O) groups excluding carboxylic acids is 2. The number of aldehydes is 1. The first-order chi connectivity index (χ1) is 14.3. The van der Waals surface area contributed by atoms with Crippen molar-refractivity contribution < 1.29 is 14.3 Å². The van der Waals surface area contributed by atoms with Gasteiger partial charge in [-0.2, -0.15) is 0 Å². The molecule has 0 spiro atoms. The number of carbonyl (C=O) groups is 2. The van der Waals surface area contributed by atoms with Gasteiger partial charge in [0.25, 0.3) is 0 Å². The number of fused-ring (bicyclic) bond motifs is 1. The molecule has 30 heavy (non-hydrogen) atoms. The van der Waals surface area contributed by atoms with Gasteiger partial charge in [0.05, 0.1) is 0 Å². The molecule has 1 aliphatic heterocycles. The molecule has 2 aromatic carbocycles. The summed E-state index contributed by atoms with van der Waals surface area (Å²) >= 11 is 13.3. The summed E-state index contributed by atoms with van der Waals surface area (Å²) in [5.74, 6) is 0. The van der Waals surface area contributed by atoms with E-state index in [0.717, 1.165) is 44.3 Å². The van der Waals surface area contributed by atoms with Crippen LogP contribution in [-0.4, -0.2) is 12.4 Å². The molecule has 1 N–H and O–H groups in total. The van der Waals surface area contributed by atoms with Crippen molar-refractivity contribution in [3.8, 4) is 10.4 Å². The number of halogens is 2. The van der Waals surface area contributed by atoms with Crippen LogP contribution in [-0.2, 0) is 21.6 Å². The summed E-state index contributed by atoms with van der Waals surface area (Å²) in [6.45, 7) is 3.78. The number of benzene rings is 2. The van der Waals surface area contributed by atoms with Gasteiger partial charge in [-0.15, -0.1) is 11.3 Å². The Labute approximate surface area is 189 Å². The Morgan fingerprint density at radius 2 is 1.77 bits per heavy atom. The Kier molecular flexibility index (Phi) is 7.19. The first-order valence-corrected chi connectivity index (χ1v) is 10.9. The molecule has 4 rings (SSSR count). The maximum Gasteiger partial charge on any atom is 0.413 e.